The number of hydrogen-bond donors (Lipinski definition) is 0. The normalized spacial score (nSPS) is 10.8. The smallest absolute Gasteiger partial charge is 0.379 e. The molecule has 0 aliphatic rings. The van der Waals surface area contributed by atoms with Gasteiger partial charge in [0, 0.05) is 30.7 Å². The maximum Gasteiger partial charge on any atom is 0.379 e. The van der Waals surface area contributed by atoms with Crippen LogP contribution in [0.25, 0.3) is 0 Å². The maximum absolute atomic E-state index is 13.9. The third kappa shape index (κ3) is 18.4. The average molecular weight is 546 g/mol. The van der Waals surface area contributed by atoms with Crippen molar-refractivity contribution in [3.8, 4) is 0 Å². The molecule has 0 saturated carbocycles. The third-order valence-electron chi connectivity index (χ3n) is 3.12. The molecule has 0 bridgehead atoms. The fourth-order valence-electron chi connectivity index (χ4n) is 1.57. The maximum atomic E-state index is 13.9. The lowest BCUT2D eigenvalue weighted by Gasteiger charge is -2.23. The van der Waals surface area contributed by atoms with E-state index in [1.807, 2.05) is 0 Å². The summed E-state index contributed by atoms with van der Waals surface area (Å²) < 4.78 is 86.0. The van der Waals surface area contributed by atoms with Crippen molar-refractivity contribution in [1.82, 2.24) is 0 Å². The summed E-state index contributed by atoms with van der Waals surface area (Å²) in [4.78, 5) is 44.6. The first-order chi connectivity index (χ1) is 16.3. The van der Waals surface area contributed by atoms with Crippen molar-refractivity contribution in [1.29, 1.82) is 0 Å². The van der Waals surface area contributed by atoms with E-state index in [4.69, 9.17) is 0 Å². The molecule has 15 heteroatoms. The van der Waals surface area contributed by atoms with Crippen LogP contribution in [0.15, 0.2) is 50.6 Å². The van der Waals surface area contributed by atoms with Crippen molar-refractivity contribution in [3.05, 3.63) is 50.6 Å². The van der Waals surface area contributed by atoms with Gasteiger partial charge < -0.3 is 33.2 Å². The summed E-state index contributed by atoms with van der Waals surface area (Å²) in [6.45, 7) is 3.31. The molecule has 0 aromatic rings. The van der Waals surface area contributed by atoms with Crippen LogP contribution in [0.1, 0.15) is 21.3 Å². The summed E-state index contributed by atoms with van der Waals surface area (Å²) in [5.41, 5.74) is 0. The molecule has 0 radical (unpaired) electrons. The average Bonchev–Trinajstić information content (AvgIpc) is 2.80. The molecule has 0 spiro atoms. The van der Waals surface area contributed by atoms with Crippen LogP contribution in [0.5, 0.6) is 0 Å². The zero-order chi connectivity index (χ0) is 27.1. The van der Waals surface area contributed by atoms with Gasteiger partial charge in [-0.05, 0) is 0 Å². The number of alkyl halides is 4. The Morgan fingerprint density at radius 2 is 0.973 bits per heavy atom. The zero-order valence-electron chi connectivity index (χ0n) is 18.1. The summed E-state index contributed by atoms with van der Waals surface area (Å²) in [5.74, 6) is -8.54. The number of ether oxygens (including phenoxy) is 7. The van der Waals surface area contributed by atoms with Crippen molar-refractivity contribution < 1.29 is 69.9 Å². The Balaban J connectivity index is -0.00000578. The van der Waals surface area contributed by atoms with Gasteiger partial charge in [0.05, 0.1) is 6.61 Å². The minimum absolute atomic E-state index is 0. The quantitative estimate of drug-likeness (QED) is 0.108. The second-order valence-corrected chi connectivity index (χ2v) is 5.86. The zero-order valence-corrected chi connectivity index (χ0v) is 18.1. The number of esters is 4. The van der Waals surface area contributed by atoms with E-state index in [9.17, 15) is 36.7 Å². The summed E-state index contributed by atoms with van der Waals surface area (Å²) in [5, 5.41) is 0. The number of rotatable bonds is 18. The van der Waals surface area contributed by atoms with Crippen LogP contribution in [0.3, 0.4) is 0 Å². The highest BCUT2D eigenvalue weighted by atomic mass is 19.3. The Hall–Kier alpha value is -3.56. The Morgan fingerprint density at radius 3 is 1.30 bits per heavy atom. The number of carbonyl (C=O) groups is 4. The van der Waals surface area contributed by atoms with E-state index >= 15 is 0 Å². The molecular formula is C22H30F4O11. The van der Waals surface area contributed by atoms with Crippen LogP contribution in [0.4, 0.5) is 17.6 Å². The lowest BCUT2D eigenvalue weighted by atomic mass is 10.2. The molecule has 0 atom stereocenters. The first-order valence-electron chi connectivity index (χ1n) is 9.22. The standard InChI is InChI=1S/C20H22F4O11.2CH4/c1-5-13(25)32-17(33-14(26)6-2)29-11-19(21,22)9-10-31-20(23,24)12-30-18(34-15(27)7-3)35-16(28)8-4;;/h5-8,17-18H,1-4,9-12H2;2*1H4. The fourth-order valence-corrected chi connectivity index (χ4v) is 1.57. The Morgan fingerprint density at radius 1 is 0.649 bits per heavy atom. The van der Waals surface area contributed by atoms with Crippen molar-refractivity contribution in [2.24, 2.45) is 0 Å². The van der Waals surface area contributed by atoms with Gasteiger partial charge >= 0.3 is 42.9 Å². The first-order valence-corrected chi connectivity index (χ1v) is 9.22. The molecule has 0 aliphatic carbocycles. The lowest BCUT2D eigenvalue weighted by Crippen LogP contribution is -2.36. The van der Waals surface area contributed by atoms with Crippen LogP contribution in [0, 0.1) is 0 Å². The molecule has 0 saturated heterocycles. The third-order valence-corrected chi connectivity index (χ3v) is 3.12. The first kappa shape index (κ1) is 38.0. The fraction of sp³-hybridized carbons (Fsp3) is 0.455. The molecule has 0 heterocycles. The van der Waals surface area contributed by atoms with Crippen LogP contribution in [0.2, 0.25) is 0 Å². The van der Waals surface area contributed by atoms with Gasteiger partial charge in [0.25, 0.3) is 5.92 Å². The summed E-state index contributed by atoms with van der Waals surface area (Å²) in [7, 11) is 0. The van der Waals surface area contributed by atoms with E-state index in [0.29, 0.717) is 24.3 Å². The highest BCUT2D eigenvalue weighted by molar-refractivity contribution is 5.83. The van der Waals surface area contributed by atoms with Gasteiger partial charge in [0.15, 0.2) is 0 Å². The Bertz CT molecular complexity index is 691. The van der Waals surface area contributed by atoms with E-state index in [0.717, 1.165) is 0 Å². The molecule has 0 unspecified atom stereocenters. The van der Waals surface area contributed by atoms with E-state index in [1.54, 1.807) is 0 Å². The lowest BCUT2D eigenvalue weighted by molar-refractivity contribution is -0.324. The molecule has 0 aliphatic heterocycles. The van der Waals surface area contributed by atoms with E-state index in [2.05, 4.69) is 59.5 Å². The van der Waals surface area contributed by atoms with E-state index < -0.39 is 75.1 Å². The van der Waals surface area contributed by atoms with Gasteiger partial charge in [0.1, 0.15) is 13.2 Å². The topological polar surface area (TPSA) is 133 Å². The monoisotopic (exact) mass is 546 g/mol. The van der Waals surface area contributed by atoms with Crippen LogP contribution < -0.4 is 0 Å². The highest BCUT2D eigenvalue weighted by Gasteiger charge is 2.37. The van der Waals surface area contributed by atoms with Crippen LogP contribution >= 0.6 is 0 Å². The molecule has 37 heavy (non-hydrogen) atoms. The molecule has 0 fully saturated rings. The SMILES string of the molecule is C.C.C=CC(=O)OC(OCC(F)(F)CCOC(F)(F)COC(OC(=O)C=C)OC(=O)C=C)OC(=O)C=C. The van der Waals surface area contributed by atoms with Crippen molar-refractivity contribution in [3.63, 3.8) is 0 Å². The van der Waals surface area contributed by atoms with Gasteiger partial charge in [-0.25, -0.2) is 28.0 Å². The molecule has 0 amide bonds. The summed E-state index contributed by atoms with van der Waals surface area (Å²) in [6, 6.07) is 0. The second kappa shape index (κ2) is 18.7. The number of carbonyl (C=O) groups excluding carboxylic acids is 4. The van der Waals surface area contributed by atoms with Crippen LogP contribution in [-0.2, 0) is 52.3 Å². The van der Waals surface area contributed by atoms with Gasteiger partial charge in [-0.3, -0.25) is 0 Å². The van der Waals surface area contributed by atoms with Crippen molar-refractivity contribution >= 4 is 23.9 Å². The van der Waals surface area contributed by atoms with Crippen molar-refractivity contribution in [2.75, 3.05) is 19.8 Å². The van der Waals surface area contributed by atoms with Crippen molar-refractivity contribution in [2.45, 2.75) is 46.3 Å². The minimum atomic E-state index is -4.20. The van der Waals surface area contributed by atoms with Crippen LogP contribution in [-0.4, -0.2) is 68.7 Å². The van der Waals surface area contributed by atoms with Gasteiger partial charge in [-0.2, -0.15) is 8.78 Å². The molecule has 0 rings (SSSR count). The van der Waals surface area contributed by atoms with E-state index in [1.165, 1.54) is 0 Å². The van der Waals surface area contributed by atoms with Gasteiger partial charge in [0.2, 0.25) is 0 Å². The second-order valence-electron chi connectivity index (χ2n) is 5.86. The molecular weight excluding hydrogens is 516 g/mol. The summed E-state index contributed by atoms with van der Waals surface area (Å²) >= 11 is 0. The highest BCUT2D eigenvalue weighted by Crippen LogP contribution is 2.24. The molecule has 0 N–H and O–H groups in total. The van der Waals surface area contributed by atoms with Gasteiger partial charge in [-0.15, -0.1) is 0 Å². The number of halogens is 4. The molecule has 11 nitrogen and oxygen atoms in total. The molecule has 212 valence electrons. The Labute approximate surface area is 211 Å². The van der Waals surface area contributed by atoms with E-state index in [-0.39, 0.29) is 14.9 Å². The van der Waals surface area contributed by atoms with Gasteiger partial charge in [-0.1, -0.05) is 41.2 Å². The summed E-state index contributed by atoms with van der Waals surface area (Å²) in [6.07, 6.45) is -3.01. The predicted octanol–water partition coefficient (Wildman–Crippen LogP) is 3.41. The minimum Gasteiger partial charge on any atom is -0.397 e. The molecule has 0 aromatic heterocycles. The largest absolute Gasteiger partial charge is 0.397 e. The Kier molecular flexibility index (Phi) is 19.2. The number of hydrogen-bond acceptors (Lipinski definition) is 11. The predicted molar refractivity (Wildman–Crippen MR) is 119 cm³/mol. The molecule has 0 aromatic carbocycles.